The van der Waals surface area contributed by atoms with E-state index in [4.69, 9.17) is 4.74 Å². The van der Waals surface area contributed by atoms with Crippen molar-refractivity contribution in [3.8, 4) is 11.6 Å². The van der Waals surface area contributed by atoms with Gasteiger partial charge in [0.05, 0.1) is 17.7 Å². The lowest BCUT2D eigenvalue weighted by Crippen LogP contribution is -2.28. The van der Waals surface area contributed by atoms with Gasteiger partial charge in [-0.3, -0.25) is 0 Å². The molecule has 0 radical (unpaired) electrons. The van der Waals surface area contributed by atoms with Crippen LogP contribution in [0.3, 0.4) is 0 Å². The minimum absolute atomic E-state index is 0.281. The number of thiazole rings is 1. The Balaban J connectivity index is 1.52. The summed E-state index contributed by atoms with van der Waals surface area (Å²) in [6.45, 7) is 2.37. The summed E-state index contributed by atoms with van der Waals surface area (Å²) >= 11 is 1.50. The highest BCUT2D eigenvalue weighted by molar-refractivity contribution is 7.07. The first-order chi connectivity index (χ1) is 11.7. The highest BCUT2D eigenvalue weighted by atomic mass is 32.1. The molecule has 7 heteroatoms. The van der Waals surface area contributed by atoms with Gasteiger partial charge >= 0.3 is 6.03 Å². The van der Waals surface area contributed by atoms with E-state index in [0.717, 1.165) is 11.3 Å². The number of aryl methyl sites for hydroxylation is 1. The van der Waals surface area contributed by atoms with Gasteiger partial charge in [-0.25, -0.2) is 14.8 Å². The van der Waals surface area contributed by atoms with Gasteiger partial charge in [0.25, 0.3) is 0 Å². The average Bonchev–Trinajstić information content (AvgIpc) is 3.10. The van der Waals surface area contributed by atoms with Crippen molar-refractivity contribution < 1.29 is 9.53 Å². The molecule has 0 saturated carbocycles. The second-order valence-electron chi connectivity index (χ2n) is 5.09. The Morgan fingerprint density at radius 1 is 1.17 bits per heavy atom. The number of carbonyl (C=O) groups is 1. The van der Waals surface area contributed by atoms with Crippen LogP contribution in [0.4, 0.5) is 10.5 Å². The number of hydrogen-bond donors (Lipinski definition) is 2. The zero-order valence-electron chi connectivity index (χ0n) is 13.0. The molecule has 0 fully saturated rings. The SMILES string of the molecule is Cc1ccc(Oc2ccc(NC(=O)NCc3cscn3)cc2)nc1. The number of nitrogens with one attached hydrogen (secondary N) is 2. The number of amides is 2. The van der Waals surface area contributed by atoms with Gasteiger partial charge < -0.3 is 15.4 Å². The molecule has 0 aliphatic carbocycles. The van der Waals surface area contributed by atoms with Crippen LogP contribution in [-0.4, -0.2) is 16.0 Å². The summed E-state index contributed by atoms with van der Waals surface area (Å²) in [6, 6.07) is 10.6. The predicted molar refractivity (Wildman–Crippen MR) is 93.5 cm³/mol. The van der Waals surface area contributed by atoms with Crippen LogP contribution in [0, 0.1) is 6.92 Å². The minimum Gasteiger partial charge on any atom is -0.439 e. The summed E-state index contributed by atoms with van der Waals surface area (Å²) in [5, 5.41) is 7.40. The van der Waals surface area contributed by atoms with E-state index in [2.05, 4.69) is 20.6 Å². The average molecular weight is 340 g/mol. The number of anilines is 1. The van der Waals surface area contributed by atoms with Crippen molar-refractivity contribution in [1.82, 2.24) is 15.3 Å². The fraction of sp³-hybridized carbons (Fsp3) is 0.118. The van der Waals surface area contributed by atoms with Gasteiger partial charge in [0.15, 0.2) is 0 Å². The van der Waals surface area contributed by atoms with E-state index in [0.29, 0.717) is 23.9 Å². The largest absolute Gasteiger partial charge is 0.439 e. The lowest BCUT2D eigenvalue weighted by atomic mass is 10.3. The maximum absolute atomic E-state index is 11.8. The van der Waals surface area contributed by atoms with Crippen LogP contribution in [0.25, 0.3) is 0 Å². The molecule has 1 aromatic carbocycles. The van der Waals surface area contributed by atoms with E-state index >= 15 is 0 Å². The fourth-order valence-electron chi connectivity index (χ4n) is 1.91. The summed E-state index contributed by atoms with van der Waals surface area (Å²) in [4.78, 5) is 20.1. The van der Waals surface area contributed by atoms with Crippen molar-refractivity contribution in [3.63, 3.8) is 0 Å². The summed E-state index contributed by atoms with van der Waals surface area (Å²) in [5.41, 5.74) is 4.32. The predicted octanol–water partition coefficient (Wildman–Crippen LogP) is 3.96. The number of rotatable bonds is 5. The van der Waals surface area contributed by atoms with Crippen LogP contribution in [0.5, 0.6) is 11.6 Å². The monoisotopic (exact) mass is 340 g/mol. The molecule has 0 aliphatic heterocycles. The van der Waals surface area contributed by atoms with Crippen LogP contribution in [0.1, 0.15) is 11.3 Å². The second kappa shape index (κ2) is 7.56. The number of urea groups is 1. The molecule has 0 aliphatic rings. The van der Waals surface area contributed by atoms with Gasteiger partial charge in [-0.05, 0) is 36.8 Å². The molecule has 3 aromatic rings. The smallest absolute Gasteiger partial charge is 0.319 e. The number of ether oxygens (including phenoxy) is 1. The van der Waals surface area contributed by atoms with Crippen molar-refractivity contribution in [2.24, 2.45) is 0 Å². The molecule has 2 N–H and O–H groups in total. The number of hydrogen-bond acceptors (Lipinski definition) is 5. The molecule has 0 unspecified atom stereocenters. The van der Waals surface area contributed by atoms with Crippen molar-refractivity contribution in [1.29, 1.82) is 0 Å². The Morgan fingerprint density at radius 3 is 2.67 bits per heavy atom. The summed E-state index contributed by atoms with van der Waals surface area (Å²) < 4.78 is 5.64. The van der Waals surface area contributed by atoms with Crippen molar-refractivity contribution in [2.45, 2.75) is 13.5 Å². The molecule has 24 heavy (non-hydrogen) atoms. The van der Waals surface area contributed by atoms with E-state index in [1.807, 2.05) is 24.4 Å². The topological polar surface area (TPSA) is 76.1 Å². The van der Waals surface area contributed by atoms with Gasteiger partial charge in [-0.2, -0.15) is 0 Å². The van der Waals surface area contributed by atoms with Crippen molar-refractivity contribution >= 4 is 23.1 Å². The molecular weight excluding hydrogens is 324 g/mol. The van der Waals surface area contributed by atoms with Crippen molar-refractivity contribution in [2.75, 3.05) is 5.32 Å². The molecule has 0 saturated heterocycles. The molecule has 2 amide bonds. The van der Waals surface area contributed by atoms with E-state index < -0.39 is 0 Å². The second-order valence-corrected chi connectivity index (χ2v) is 5.81. The van der Waals surface area contributed by atoms with E-state index in [1.54, 1.807) is 36.0 Å². The third-order valence-corrected chi connectivity index (χ3v) is 3.77. The van der Waals surface area contributed by atoms with E-state index in [-0.39, 0.29) is 6.03 Å². The third kappa shape index (κ3) is 4.53. The Kier molecular flexibility index (Phi) is 5.02. The zero-order chi connectivity index (χ0) is 16.8. The van der Waals surface area contributed by atoms with Gasteiger partial charge in [0, 0.05) is 23.3 Å². The number of pyridine rings is 1. The van der Waals surface area contributed by atoms with Crippen LogP contribution >= 0.6 is 11.3 Å². The molecule has 122 valence electrons. The molecule has 0 atom stereocenters. The van der Waals surface area contributed by atoms with E-state index in [9.17, 15) is 4.79 Å². The lowest BCUT2D eigenvalue weighted by molar-refractivity contribution is 0.251. The van der Waals surface area contributed by atoms with Gasteiger partial charge in [-0.15, -0.1) is 11.3 Å². The normalized spacial score (nSPS) is 10.2. The molecule has 0 spiro atoms. The molecule has 0 bridgehead atoms. The molecule has 6 nitrogen and oxygen atoms in total. The first-order valence-corrected chi connectivity index (χ1v) is 8.26. The maximum Gasteiger partial charge on any atom is 0.319 e. The molecule has 2 aromatic heterocycles. The first-order valence-electron chi connectivity index (χ1n) is 7.31. The summed E-state index contributed by atoms with van der Waals surface area (Å²) in [5.74, 6) is 1.18. The quantitative estimate of drug-likeness (QED) is 0.737. The Morgan fingerprint density at radius 2 is 2.00 bits per heavy atom. The zero-order valence-corrected chi connectivity index (χ0v) is 13.8. The fourth-order valence-corrected chi connectivity index (χ4v) is 2.47. The summed E-state index contributed by atoms with van der Waals surface area (Å²) in [6.07, 6.45) is 1.75. The molecule has 2 heterocycles. The number of benzene rings is 1. The highest BCUT2D eigenvalue weighted by Crippen LogP contribution is 2.21. The van der Waals surface area contributed by atoms with Gasteiger partial charge in [0.2, 0.25) is 5.88 Å². The van der Waals surface area contributed by atoms with Gasteiger partial charge in [0.1, 0.15) is 5.75 Å². The minimum atomic E-state index is -0.281. The van der Waals surface area contributed by atoms with E-state index in [1.165, 1.54) is 11.3 Å². The number of nitrogens with zero attached hydrogens (tertiary/aromatic N) is 2. The standard InChI is InChI=1S/C17H16N4O2S/c1-12-2-7-16(18-8-12)23-15-5-3-13(4-6-15)21-17(22)19-9-14-10-24-11-20-14/h2-8,10-11H,9H2,1H3,(H2,19,21,22). The lowest BCUT2D eigenvalue weighted by Gasteiger charge is -2.08. The van der Waals surface area contributed by atoms with Crippen LogP contribution in [-0.2, 0) is 6.54 Å². The Bertz CT molecular complexity index is 786. The van der Waals surface area contributed by atoms with Crippen LogP contribution < -0.4 is 15.4 Å². The van der Waals surface area contributed by atoms with Crippen LogP contribution in [0.15, 0.2) is 53.5 Å². The molecule has 3 rings (SSSR count). The summed E-state index contributed by atoms with van der Waals surface area (Å²) in [7, 11) is 0. The Hall–Kier alpha value is -2.93. The van der Waals surface area contributed by atoms with Gasteiger partial charge in [-0.1, -0.05) is 6.07 Å². The van der Waals surface area contributed by atoms with Crippen LogP contribution in [0.2, 0.25) is 0 Å². The number of carbonyl (C=O) groups excluding carboxylic acids is 1. The highest BCUT2D eigenvalue weighted by Gasteiger charge is 2.04. The first kappa shape index (κ1) is 15.9. The van der Waals surface area contributed by atoms with Crippen molar-refractivity contribution in [3.05, 3.63) is 64.7 Å². The third-order valence-electron chi connectivity index (χ3n) is 3.13. The maximum atomic E-state index is 11.8. The number of aromatic nitrogens is 2. The molecular formula is C17H16N4O2S. The Labute approximate surface area is 143 Å².